The Morgan fingerprint density at radius 3 is 3.00 bits per heavy atom. The van der Waals surface area contributed by atoms with Crippen molar-refractivity contribution in [1.82, 2.24) is 5.32 Å². The lowest BCUT2D eigenvalue weighted by molar-refractivity contribution is 0.649. The standard InChI is InChI=1S/C10H13BrN2/c11-7-3-4-9(12)8(6-7)10-2-1-5-13-10/h3-4,6,10,13H,1-2,5,12H2. The van der Waals surface area contributed by atoms with Crippen molar-refractivity contribution in [3.63, 3.8) is 0 Å². The van der Waals surface area contributed by atoms with Crippen molar-refractivity contribution in [2.45, 2.75) is 18.9 Å². The molecule has 3 N–H and O–H groups in total. The quantitative estimate of drug-likeness (QED) is 0.741. The van der Waals surface area contributed by atoms with Crippen LogP contribution < -0.4 is 11.1 Å². The van der Waals surface area contributed by atoms with Gasteiger partial charge in [-0.3, -0.25) is 0 Å². The van der Waals surface area contributed by atoms with Crippen molar-refractivity contribution in [3.05, 3.63) is 28.2 Å². The molecule has 0 radical (unpaired) electrons. The third-order valence-corrected chi connectivity index (χ3v) is 2.98. The highest BCUT2D eigenvalue weighted by Crippen LogP contribution is 2.29. The number of nitrogens with two attached hydrogens (primary N) is 1. The summed E-state index contributed by atoms with van der Waals surface area (Å²) in [6.45, 7) is 1.11. The first-order valence-electron chi connectivity index (χ1n) is 4.55. The Kier molecular flexibility index (Phi) is 2.56. The molecule has 3 heteroatoms. The molecule has 0 bridgehead atoms. The minimum atomic E-state index is 0.456. The molecule has 1 aromatic rings. The summed E-state index contributed by atoms with van der Waals surface area (Å²) in [4.78, 5) is 0. The van der Waals surface area contributed by atoms with Gasteiger partial charge in [-0.15, -0.1) is 0 Å². The van der Waals surface area contributed by atoms with E-state index in [4.69, 9.17) is 5.73 Å². The summed E-state index contributed by atoms with van der Waals surface area (Å²) < 4.78 is 1.10. The van der Waals surface area contributed by atoms with Gasteiger partial charge < -0.3 is 11.1 Å². The van der Waals surface area contributed by atoms with Crippen LogP contribution in [0.2, 0.25) is 0 Å². The lowest BCUT2D eigenvalue weighted by atomic mass is 10.0. The van der Waals surface area contributed by atoms with Crippen molar-refractivity contribution >= 4 is 21.6 Å². The largest absolute Gasteiger partial charge is 0.398 e. The van der Waals surface area contributed by atoms with Gasteiger partial charge in [0.25, 0.3) is 0 Å². The van der Waals surface area contributed by atoms with Gasteiger partial charge in [-0.2, -0.15) is 0 Å². The molecule has 1 atom stereocenters. The Bertz CT molecular complexity index is 306. The second-order valence-electron chi connectivity index (χ2n) is 3.42. The second kappa shape index (κ2) is 3.68. The zero-order chi connectivity index (χ0) is 9.26. The smallest absolute Gasteiger partial charge is 0.0363 e. The summed E-state index contributed by atoms with van der Waals surface area (Å²) in [5, 5.41) is 3.44. The Hall–Kier alpha value is -0.540. The zero-order valence-corrected chi connectivity index (χ0v) is 8.97. The molecule has 0 spiro atoms. The molecule has 1 aliphatic heterocycles. The second-order valence-corrected chi connectivity index (χ2v) is 4.34. The highest BCUT2D eigenvalue weighted by molar-refractivity contribution is 9.10. The first kappa shape index (κ1) is 9.03. The fourth-order valence-electron chi connectivity index (χ4n) is 1.80. The molecule has 1 fully saturated rings. The van der Waals surface area contributed by atoms with Crippen LogP contribution in [-0.2, 0) is 0 Å². The lowest BCUT2D eigenvalue weighted by Crippen LogP contribution is -2.14. The third-order valence-electron chi connectivity index (χ3n) is 2.48. The first-order valence-corrected chi connectivity index (χ1v) is 5.35. The summed E-state index contributed by atoms with van der Waals surface area (Å²) in [7, 11) is 0. The number of nitrogens with one attached hydrogen (secondary N) is 1. The SMILES string of the molecule is Nc1ccc(Br)cc1C1CCCN1. The van der Waals surface area contributed by atoms with Crippen LogP contribution in [0, 0.1) is 0 Å². The van der Waals surface area contributed by atoms with Crippen molar-refractivity contribution in [3.8, 4) is 0 Å². The Morgan fingerprint density at radius 1 is 1.46 bits per heavy atom. The van der Waals surface area contributed by atoms with E-state index in [1.807, 2.05) is 12.1 Å². The van der Waals surface area contributed by atoms with Crippen LogP contribution in [0.5, 0.6) is 0 Å². The van der Waals surface area contributed by atoms with Crippen molar-refractivity contribution in [1.29, 1.82) is 0 Å². The van der Waals surface area contributed by atoms with E-state index in [9.17, 15) is 0 Å². The maximum atomic E-state index is 5.91. The van der Waals surface area contributed by atoms with Crippen molar-refractivity contribution in [2.24, 2.45) is 0 Å². The minimum Gasteiger partial charge on any atom is -0.398 e. The molecule has 0 aromatic heterocycles. The lowest BCUT2D eigenvalue weighted by Gasteiger charge is -2.13. The van der Waals surface area contributed by atoms with E-state index in [0.717, 1.165) is 16.7 Å². The number of rotatable bonds is 1. The fraction of sp³-hybridized carbons (Fsp3) is 0.400. The maximum absolute atomic E-state index is 5.91. The summed E-state index contributed by atoms with van der Waals surface area (Å²) >= 11 is 3.46. The number of anilines is 1. The van der Waals surface area contributed by atoms with Crippen molar-refractivity contribution in [2.75, 3.05) is 12.3 Å². The normalized spacial score (nSPS) is 22.1. The summed E-state index contributed by atoms with van der Waals surface area (Å²) in [5.41, 5.74) is 8.03. The predicted octanol–water partition coefficient (Wildman–Crippen LogP) is 2.46. The van der Waals surface area contributed by atoms with Gasteiger partial charge in [-0.1, -0.05) is 15.9 Å². The fourth-order valence-corrected chi connectivity index (χ4v) is 2.18. The maximum Gasteiger partial charge on any atom is 0.0363 e. The molecule has 1 heterocycles. The van der Waals surface area contributed by atoms with Gasteiger partial charge in [-0.25, -0.2) is 0 Å². The van der Waals surface area contributed by atoms with Gasteiger partial charge in [0.15, 0.2) is 0 Å². The molecule has 2 nitrogen and oxygen atoms in total. The molecule has 70 valence electrons. The Labute approximate surface area is 86.6 Å². The highest BCUT2D eigenvalue weighted by atomic mass is 79.9. The van der Waals surface area contributed by atoms with Crippen LogP contribution in [0.3, 0.4) is 0 Å². The van der Waals surface area contributed by atoms with E-state index >= 15 is 0 Å². The molecule has 1 aromatic carbocycles. The molecule has 1 aliphatic rings. The van der Waals surface area contributed by atoms with E-state index in [-0.39, 0.29) is 0 Å². The molecule has 1 saturated heterocycles. The number of nitrogen functional groups attached to an aromatic ring is 1. The van der Waals surface area contributed by atoms with E-state index in [1.165, 1.54) is 18.4 Å². The molecule has 0 amide bonds. The van der Waals surface area contributed by atoms with E-state index in [2.05, 4.69) is 27.3 Å². The van der Waals surface area contributed by atoms with Crippen LogP contribution in [0.1, 0.15) is 24.4 Å². The number of halogens is 1. The van der Waals surface area contributed by atoms with E-state index < -0.39 is 0 Å². The average molecular weight is 241 g/mol. The van der Waals surface area contributed by atoms with Crippen LogP contribution in [-0.4, -0.2) is 6.54 Å². The number of hydrogen-bond acceptors (Lipinski definition) is 2. The number of benzene rings is 1. The van der Waals surface area contributed by atoms with Gasteiger partial charge in [-0.05, 0) is 43.1 Å². The first-order chi connectivity index (χ1) is 6.27. The van der Waals surface area contributed by atoms with Gasteiger partial charge in [0.2, 0.25) is 0 Å². The van der Waals surface area contributed by atoms with Crippen LogP contribution in [0.4, 0.5) is 5.69 Å². The monoisotopic (exact) mass is 240 g/mol. The molecular weight excluding hydrogens is 228 g/mol. The van der Waals surface area contributed by atoms with E-state index in [1.54, 1.807) is 0 Å². The van der Waals surface area contributed by atoms with Crippen LogP contribution in [0.15, 0.2) is 22.7 Å². The molecule has 13 heavy (non-hydrogen) atoms. The molecule has 0 aliphatic carbocycles. The average Bonchev–Trinajstić information content (AvgIpc) is 2.61. The van der Waals surface area contributed by atoms with Crippen LogP contribution in [0.25, 0.3) is 0 Å². The molecule has 1 unspecified atom stereocenters. The third kappa shape index (κ3) is 1.86. The molecule has 2 rings (SSSR count). The Balaban J connectivity index is 2.32. The predicted molar refractivity (Wildman–Crippen MR) is 58.5 cm³/mol. The van der Waals surface area contributed by atoms with Gasteiger partial charge in [0.05, 0.1) is 0 Å². The molecular formula is C10H13BrN2. The summed E-state index contributed by atoms with van der Waals surface area (Å²) in [5.74, 6) is 0. The summed E-state index contributed by atoms with van der Waals surface area (Å²) in [6, 6.07) is 6.50. The van der Waals surface area contributed by atoms with Crippen molar-refractivity contribution < 1.29 is 0 Å². The minimum absolute atomic E-state index is 0.456. The number of hydrogen-bond donors (Lipinski definition) is 2. The highest BCUT2D eigenvalue weighted by Gasteiger charge is 2.18. The van der Waals surface area contributed by atoms with Gasteiger partial charge >= 0.3 is 0 Å². The zero-order valence-electron chi connectivity index (χ0n) is 7.39. The molecule has 0 saturated carbocycles. The topological polar surface area (TPSA) is 38.0 Å². The van der Waals surface area contributed by atoms with E-state index in [0.29, 0.717) is 6.04 Å². The van der Waals surface area contributed by atoms with Crippen LogP contribution >= 0.6 is 15.9 Å². The summed E-state index contributed by atoms with van der Waals surface area (Å²) in [6.07, 6.45) is 2.44. The van der Waals surface area contributed by atoms with Gasteiger partial charge in [0, 0.05) is 16.2 Å². The Morgan fingerprint density at radius 2 is 2.31 bits per heavy atom. The van der Waals surface area contributed by atoms with Gasteiger partial charge in [0.1, 0.15) is 0 Å².